The van der Waals surface area contributed by atoms with Gasteiger partial charge in [-0.25, -0.2) is 4.57 Å². The fourth-order valence-corrected chi connectivity index (χ4v) is 7.11. The number of hydrogen-bond acceptors (Lipinski definition) is 8. The number of carbonyl (C=O) groups excluding carboxylic acids is 2. The van der Waals surface area contributed by atoms with Crippen LogP contribution in [0.1, 0.15) is 213 Å². The molecule has 0 fully saturated rings. The molecule has 0 aromatic carbocycles. The van der Waals surface area contributed by atoms with Gasteiger partial charge in [-0.2, -0.15) is 0 Å². The molecule has 0 amide bonds. The van der Waals surface area contributed by atoms with Crippen LogP contribution in [0.2, 0.25) is 0 Å². The molecule has 1 unspecified atom stereocenters. The van der Waals surface area contributed by atoms with Crippen molar-refractivity contribution < 1.29 is 37.6 Å². The molecule has 0 aromatic rings. The number of nitrogens with two attached hydrogens (primary N) is 1. The number of phosphoric acid groups is 1. The van der Waals surface area contributed by atoms with E-state index in [0.717, 1.165) is 51.4 Å². The van der Waals surface area contributed by atoms with Crippen molar-refractivity contribution in [3.8, 4) is 0 Å². The number of ether oxygens (including phenoxy) is 2. The fraction of sp³-hybridized carbons (Fsp3) is 0.826. The third-order valence-electron chi connectivity index (χ3n) is 9.78. The van der Waals surface area contributed by atoms with E-state index in [1.807, 2.05) is 0 Å². The summed E-state index contributed by atoms with van der Waals surface area (Å²) in [6.07, 6.45) is 47.4. The van der Waals surface area contributed by atoms with Gasteiger partial charge in [-0.3, -0.25) is 18.6 Å². The van der Waals surface area contributed by atoms with Gasteiger partial charge in [0.25, 0.3) is 0 Å². The summed E-state index contributed by atoms with van der Waals surface area (Å²) < 4.78 is 32.8. The number of esters is 2. The zero-order valence-corrected chi connectivity index (χ0v) is 37.0. The molecule has 0 heterocycles. The van der Waals surface area contributed by atoms with Crippen LogP contribution < -0.4 is 5.73 Å². The van der Waals surface area contributed by atoms with Crippen LogP contribution in [-0.2, 0) is 32.7 Å². The second-order valence-corrected chi connectivity index (χ2v) is 16.7. The van der Waals surface area contributed by atoms with E-state index in [-0.39, 0.29) is 32.6 Å². The Morgan fingerprint density at radius 3 is 1.41 bits per heavy atom. The van der Waals surface area contributed by atoms with Crippen molar-refractivity contribution in [3.05, 3.63) is 36.5 Å². The molecule has 0 aromatic heterocycles. The Kier molecular flexibility index (Phi) is 41.5. The van der Waals surface area contributed by atoms with Crippen LogP contribution >= 0.6 is 7.82 Å². The van der Waals surface area contributed by atoms with Gasteiger partial charge in [-0.1, -0.05) is 185 Å². The van der Waals surface area contributed by atoms with Crippen LogP contribution in [0.3, 0.4) is 0 Å². The van der Waals surface area contributed by atoms with Crippen LogP contribution in [0.4, 0.5) is 0 Å². The molecule has 0 radical (unpaired) electrons. The summed E-state index contributed by atoms with van der Waals surface area (Å²) in [6, 6.07) is 0. The Labute approximate surface area is 344 Å². The van der Waals surface area contributed by atoms with Gasteiger partial charge in [0.2, 0.25) is 0 Å². The van der Waals surface area contributed by atoms with Crippen LogP contribution in [0, 0.1) is 0 Å². The third-order valence-corrected chi connectivity index (χ3v) is 10.8. The molecule has 0 saturated heterocycles. The molecular formula is C46H86NO8P. The molecule has 0 aliphatic rings. The maximum absolute atomic E-state index is 12.6. The number of carbonyl (C=O) groups is 2. The van der Waals surface area contributed by atoms with Crippen molar-refractivity contribution in [2.24, 2.45) is 5.73 Å². The smallest absolute Gasteiger partial charge is 0.462 e. The van der Waals surface area contributed by atoms with Gasteiger partial charge in [0.1, 0.15) is 6.61 Å². The van der Waals surface area contributed by atoms with E-state index >= 15 is 0 Å². The minimum atomic E-state index is -4.38. The minimum absolute atomic E-state index is 0.0508. The van der Waals surface area contributed by atoms with Crippen molar-refractivity contribution in [2.45, 2.75) is 219 Å². The average molecular weight is 812 g/mol. The summed E-state index contributed by atoms with van der Waals surface area (Å²) in [4.78, 5) is 34.9. The van der Waals surface area contributed by atoms with E-state index in [2.05, 4.69) is 50.3 Å². The maximum atomic E-state index is 12.6. The van der Waals surface area contributed by atoms with Gasteiger partial charge in [-0.15, -0.1) is 0 Å². The zero-order valence-electron chi connectivity index (χ0n) is 36.1. The normalized spacial score (nSPS) is 13.6. The lowest BCUT2D eigenvalue weighted by Gasteiger charge is -2.19. The van der Waals surface area contributed by atoms with Gasteiger partial charge in [0, 0.05) is 19.4 Å². The van der Waals surface area contributed by atoms with Crippen molar-refractivity contribution in [3.63, 3.8) is 0 Å². The van der Waals surface area contributed by atoms with E-state index < -0.39 is 32.5 Å². The summed E-state index contributed by atoms with van der Waals surface area (Å²) in [5.74, 6) is -0.847. The third kappa shape index (κ3) is 41.9. The van der Waals surface area contributed by atoms with Gasteiger partial charge in [0.15, 0.2) is 6.10 Å². The second kappa shape index (κ2) is 42.8. The number of phosphoric ester groups is 1. The zero-order chi connectivity index (χ0) is 41.1. The molecule has 0 rings (SSSR count). The van der Waals surface area contributed by atoms with Gasteiger partial charge < -0.3 is 20.1 Å². The molecule has 0 spiro atoms. The highest BCUT2D eigenvalue weighted by Gasteiger charge is 2.26. The summed E-state index contributed by atoms with van der Waals surface area (Å²) in [6.45, 7) is 3.70. The SMILES string of the molecule is CCCCC/C=C\C/C=C\C/C=C\CCCCCCC(=O)OC[C@H](COP(=O)(O)OCCN)OC(=O)CCCCCCCCCCCCCCCCCCCC. The number of rotatable bonds is 43. The molecule has 0 bridgehead atoms. The fourth-order valence-electron chi connectivity index (χ4n) is 6.35. The van der Waals surface area contributed by atoms with Gasteiger partial charge >= 0.3 is 19.8 Å². The summed E-state index contributed by atoms with van der Waals surface area (Å²) >= 11 is 0. The Balaban J connectivity index is 4.14. The lowest BCUT2D eigenvalue weighted by Crippen LogP contribution is -2.29. The van der Waals surface area contributed by atoms with E-state index in [1.165, 1.54) is 122 Å². The van der Waals surface area contributed by atoms with E-state index in [1.54, 1.807) is 0 Å². The number of unbranched alkanes of at least 4 members (excludes halogenated alkanes) is 24. The van der Waals surface area contributed by atoms with Crippen LogP contribution in [0.15, 0.2) is 36.5 Å². The minimum Gasteiger partial charge on any atom is -0.462 e. The first-order valence-electron chi connectivity index (χ1n) is 23.0. The number of hydrogen-bond donors (Lipinski definition) is 2. The van der Waals surface area contributed by atoms with Crippen molar-refractivity contribution in [2.75, 3.05) is 26.4 Å². The molecule has 2 atom stereocenters. The van der Waals surface area contributed by atoms with Crippen molar-refractivity contribution in [1.29, 1.82) is 0 Å². The molecule has 56 heavy (non-hydrogen) atoms. The lowest BCUT2D eigenvalue weighted by molar-refractivity contribution is -0.161. The maximum Gasteiger partial charge on any atom is 0.472 e. The molecule has 10 heteroatoms. The topological polar surface area (TPSA) is 134 Å². The van der Waals surface area contributed by atoms with Crippen LogP contribution in [0.25, 0.3) is 0 Å². The molecule has 0 aliphatic heterocycles. The molecule has 9 nitrogen and oxygen atoms in total. The van der Waals surface area contributed by atoms with Crippen LogP contribution in [-0.4, -0.2) is 49.3 Å². The summed E-state index contributed by atoms with van der Waals surface area (Å²) in [5, 5.41) is 0. The largest absolute Gasteiger partial charge is 0.472 e. The highest BCUT2D eigenvalue weighted by Crippen LogP contribution is 2.43. The second-order valence-electron chi connectivity index (χ2n) is 15.3. The van der Waals surface area contributed by atoms with Crippen molar-refractivity contribution >= 4 is 19.8 Å². The molecule has 0 saturated carbocycles. The van der Waals surface area contributed by atoms with Crippen LogP contribution in [0.5, 0.6) is 0 Å². The summed E-state index contributed by atoms with van der Waals surface area (Å²) in [7, 11) is -4.38. The monoisotopic (exact) mass is 812 g/mol. The Morgan fingerprint density at radius 1 is 0.536 bits per heavy atom. The van der Waals surface area contributed by atoms with E-state index in [0.29, 0.717) is 12.8 Å². The Morgan fingerprint density at radius 2 is 0.929 bits per heavy atom. The summed E-state index contributed by atoms with van der Waals surface area (Å²) in [5.41, 5.74) is 5.35. The highest BCUT2D eigenvalue weighted by molar-refractivity contribution is 7.47. The van der Waals surface area contributed by atoms with Crippen molar-refractivity contribution in [1.82, 2.24) is 0 Å². The quantitative estimate of drug-likeness (QED) is 0.0267. The molecule has 328 valence electrons. The predicted octanol–water partition coefficient (Wildman–Crippen LogP) is 13.3. The predicted molar refractivity (Wildman–Crippen MR) is 234 cm³/mol. The molecule has 3 N–H and O–H groups in total. The first-order chi connectivity index (χ1) is 27.3. The number of allylic oxidation sites excluding steroid dienone is 6. The Hall–Kier alpha value is -1.77. The molecular weight excluding hydrogens is 725 g/mol. The van der Waals surface area contributed by atoms with E-state index in [4.69, 9.17) is 24.3 Å². The lowest BCUT2D eigenvalue weighted by atomic mass is 10.0. The molecule has 0 aliphatic carbocycles. The first kappa shape index (κ1) is 54.2. The highest BCUT2D eigenvalue weighted by atomic mass is 31.2. The first-order valence-corrected chi connectivity index (χ1v) is 24.5. The Bertz CT molecular complexity index is 1020. The van der Waals surface area contributed by atoms with Gasteiger partial charge in [-0.05, 0) is 51.4 Å². The average Bonchev–Trinajstić information content (AvgIpc) is 3.18. The standard InChI is InChI=1S/C46H86NO8P/c1-3-5-7-9-11-13-15-17-19-21-23-25-27-29-31-33-35-37-39-46(49)55-44(43-54-56(50,51)53-41-40-47)42-52-45(48)38-36-34-32-30-28-26-24-22-20-18-16-14-12-10-8-6-4-2/h12,14,18,20,24,26,44H,3-11,13,15-17,19,21-23,25,27-43,47H2,1-2H3,(H,50,51)/b14-12-,20-18-,26-24-/t44-/m1/s1. The van der Waals surface area contributed by atoms with Gasteiger partial charge in [0.05, 0.1) is 13.2 Å². The van der Waals surface area contributed by atoms with E-state index in [9.17, 15) is 19.0 Å².